The first kappa shape index (κ1) is 38.2. The fourth-order valence-corrected chi connectivity index (χ4v) is 9.00. The number of phenolic OH excluding ortho intramolecular Hbond substituents is 1. The Balaban J connectivity index is 0.000000137. The molecule has 1 aliphatic carbocycles. The number of anilines is 3. The van der Waals surface area contributed by atoms with Crippen molar-refractivity contribution < 1.29 is 14.3 Å². The van der Waals surface area contributed by atoms with E-state index in [1.165, 1.54) is 104 Å². The molecule has 0 unspecified atom stereocenters. The van der Waals surface area contributed by atoms with Gasteiger partial charge >= 0.3 is 0 Å². The summed E-state index contributed by atoms with van der Waals surface area (Å²) in [5.74, 6) is 1.91. The van der Waals surface area contributed by atoms with Crippen molar-refractivity contribution in [3.8, 4) is 23.0 Å². The van der Waals surface area contributed by atoms with Gasteiger partial charge < -0.3 is 29.0 Å². The van der Waals surface area contributed by atoms with Gasteiger partial charge in [0.1, 0.15) is 41.5 Å². The quantitative estimate of drug-likeness (QED) is 0.101. The molecule has 290 valence electrons. The van der Waals surface area contributed by atoms with Gasteiger partial charge in [0.2, 0.25) is 5.36 Å². The summed E-state index contributed by atoms with van der Waals surface area (Å²) >= 11 is 0. The van der Waals surface area contributed by atoms with Crippen LogP contribution in [0.5, 0.6) is 11.5 Å². The van der Waals surface area contributed by atoms with Crippen molar-refractivity contribution in [2.75, 3.05) is 74.2 Å². The molecule has 10 heteroatoms. The molecule has 0 amide bonds. The van der Waals surface area contributed by atoms with Crippen molar-refractivity contribution in [2.45, 2.75) is 79.1 Å². The number of aryl methyl sites for hydroxylation is 3. The molecule has 5 aliphatic heterocycles. The molecule has 0 bridgehead atoms. The van der Waals surface area contributed by atoms with Crippen LogP contribution in [0.1, 0.15) is 75.6 Å². The number of hydrogen-bond acceptors (Lipinski definition) is 9. The van der Waals surface area contributed by atoms with Crippen LogP contribution < -0.4 is 29.4 Å². The Bertz CT molecular complexity index is 2180. The number of aromatic hydroxyl groups is 1. The second-order valence-corrected chi connectivity index (χ2v) is 14.8. The summed E-state index contributed by atoms with van der Waals surface area (Å²) in [6.07, 6.45) is 9.39. The van der Waals surface area contributed by atoms with Gasteiger partial charge in [0.15, 0.2) is 11.3 Å². The Morgan fingerprint density at radius 3 is 2.11 bits per heavy atom. The van der Waals surface area contributed by atoms with Crippen LogP contribution in [0.4, 0.5) is 22.7 Å². The van der Waals surface area contributed by atoms with E-state index in [1.807, 2.05) is 18.2 Å². The second-order valence-electron chi connectivity index (χ2n) is 14.8. The number of fused-ring (bicyclic) bond motifs is 3. The van der Waals surface area contributed by atoms with E-state index >= 15 is 0 Å². The van der Waals surface area contributed by atoms with E-state index in [1.54, 1.807) is 6.07 Å². The average Bonchev–Trinajstić information content (AvgIpc) is 3.23. The molecular weight excluding hydrogens is 689 g/mol. The van der Waals surface area contributed by atoms with Gasteiger partial charge in [-0.25, -0.2) is 9.56 Å². The fraction of sp³-hybridized carbons (Fsp3) is 0.467. The van der Waals surface area contributed by atoms with Crippen molar-refractivity contribution in [3.63, 3.8) is 0 Å². The molecular formula is C45H57N6O4+. The lowest BCUT2D eigenvalue weighted by molar-refractivity contribution is 0.416. The highest BCUT2D eigenvalue weighted by Crippen LogP contribution is 2.41. The summed E-state index contributed by atoms with van der Waals surface area (Å²) in [6.45, 7) is 17.1. The first-order chi connectivity index (χ1) is 26.9. The number of aromatic nitrogens is 1. The maximum atomic E-state index is 10.5. The number of ether oxygens (including phenoxy) is 1. The maximum absolute atomic E-state index is 10.5. The monoisotopic (exact) mass is 745 g/mol. The Hall–Kier alpha value is -5.12. The standard InChI is InChI=1S/C22H26N3O.C12H15NO.C11H16N2O2/c1-3-24(4-2)16-9-10-18-20(14-16)26-22-17-8-6-12-25-11-5-7-15(21(17)25)13-19(22)23-18;14-11-6-5-9-3-1-7-13-8-2-4-10(11)12(9)13;1-4-13(5-2)9-6-7-10(12-14)11(8-9)15-3/h9-10,13-14H,3-8,11-12H2,1-2H3;5-6,14H,1-4,7-8H2;6-8H,4-5H2,1-3H3/q+1;;. The van der Waals surface area contributed by atoms with E-state index in [0.29, 0.717) is 17.2 Å². The first-order valence-corrected chi connectivity index (χ1v) is 20.5. The van der Waals surface area contributed by atoms with E-state index in [2.05, 4.69) is 82.5 Å². The van der Waals surface area contributed by atoms with Crippen LogP contribution in [-0.2, 0) is 25.7 Å². The highest BCUT2D eigenvalue weighted by Gasteiger charge is 2.28. The first-order valence-electron chi connectivity index (χ1n) is 20.5. The van der Waals surface area contributed by atoms with Gasteiger partial charge in [-0.1, -0.05) is 6.07 Å². The molecule has 0 saturated heterocycles. The Morgan fingerprint density at radius 1 is 0.800 bits per heavy atom. The van der Waals surface area contributed by atoms with Crippen molar-refractivity contribution in [3.05, 3.63) is 87.1 Å². The van der Waals surface area contributed by atoms with Gasteiger partial charge in [-0.3, -0.25) is 0 Å². The SMILES string of the molecule is CCN(CC)c1ccc(N=O)c(OC)c1.CC[N+](CC)=c1ccc2nc3cc4c5c(c3oc-2c1)CCCN5CCC4.Oc1ccc2c3c1CCCN3CCC2. The molecule has 9 rings (SSSR count). The van der Waals surface area contributed by atoms with Gasteiger partial charge in [0.05, 0.1) is 13.2 Å². The van der Waals surface area contributed by atoms with Crippen molar-refractivity contribution in [1.82, 2.24) is 9.56 Å². The summed E-state index contributed by atoms with van der Waals surface area (Å²) in [6, 6.07) is 18.0. The van der Waals surface area contributed by atoms with Crippen LogP contribution in [-0.4, -0.2) is 69.6 Å². The zero-order chi connectivity index (χ0) is 38.5. The number of phenols is 1. The van der Waals surface area contributed by atoms with Crippen molar-refractivity contribution in [1.29, 1.82) is 0 Å². The van der Waals surface area contributed by atoms with Crippen LogP contribution in [0, 0.1) is 4.91 Å². The number of nitrogens with zero attached hydrogens (tertiary/aromatic N) is 6. The molecule has 6 aliphatic rings. The Morgan fingerprint density at radius 2 is 1.45 bits per heavy atom. The van der Waals surface area contributed by atoms with Crippen LogP contribution in [0.3, 0.4) is 0 Å². The molecule has 55 heavy (non-hydrogen) atoms. The zero-order valence-electron chi connectivity index (χ0n) is 33.4. The van der Waals surface area contributed by atoms with Gasteiger partial charge in [-0.05, 0) is 126 Å². The van der Waals surface area contributed by atoms with E-state index in [-0.39, 0.29) is 0 Å². The number of hydrogen-bond donors (Lipinski definition) is 1. The lowest BCUT2D eigenvalue weighted by Crippen LogP contribution is -2.34. The molecule has 0 atom stereocenters. The topological polar surface area (TPSA) is 97.6 Å². The molecule has 0 fully saturated rings. The summed E-state index contributed by atoms with van der Waals surface area (Å²) in [5.41, 5.74) is 12.6. The lowest BCUT2D eigenvalue weighted by Gasteiger charge is -2.37. The number of benzene rings is 4. The van der Waals surface area contributed by atoms with Crippen molar-refractivity contribution >= 4 is 33.8 Å². The smallest absolute Gasteiger partial charge is 0.203 e. The minimum atomic E-state index is 0.341. The van der Waals surface area contributed by atoms with E-state index in [0.717, 1.165) is 73.7 Å². The van der Waals surface area contributed by atoms with E-state index in [9.17, 15) is 10.0 Å². The number of rotatable bonds is 7. The molecule has 0 radical (unpaired) electrons. The third kappa shape index (κ3) is 7.73. The lowest BCUT2D eigenvalue weighted by atomic mass is 9.91. The largest absolute Gasteiger partial charge is 0.508 e. The van der Waals surface area contributed by atoms with Crippen molar-refractivity contribution in [2.24, 2.45) is 5.18 Å². The summed E-state index contributed by atoms with van der Waals surface area (Å²) in [5, 5.41) is 13.9. The van der Waals surface area contributed by atoms with Crippen LogP contribution >= 0.6 is 0 Å². The predicted molar refractivity (Wildman–Crippen MR) is 225 cm³/mol. The number of nitroso groups, excluding NO2 is 1. The molecule has 0 aromatic heterocycles. The number of methoxy groups -OCH3 is 1. The van der Waals surface area contributed by atoms with E-state index in [4.69, 9.17) is 14.1 Å². The molecule has 0 saturated carbocycles. The van der Waals surface area contributed by atoms with Gasteiger partial charge in [0.25, 0.3) is 0 Å². The predicted octanol–water partition coefficient (Wildman–Crippen LogP) is 8.47. The van der Waals surface area contributed by atoms with Crippen LogP contribution in [0.15, 0.2) is 64.2 Å². The Kier molecular flexibility index (Phi) is 11.9. The highest BCUT2D eigenvalue weighted by molar-refractivity contribution is 5.87. The molecule has 1 N–H and O–H groups in total. The summed E-state index contributed by atoms with van der Waals surface area (Å²) in [7, 11) is 1.54. The summed E-state index contributed by atoms with van der Waals surface area (Å²) in [4.78, 5) is 22.6. The van der Waals surface area contributed by atoms with Crippen LogP contribution in [0.2, 0.25) is 0 Å². The molecule has 0 spiro atoms. The highest BCUT2D eigenvalue weighted by atomic mass is 16.5. The normalized spacial score (nSPS) is 15.2. The average molecular weight is 746 g/mol. The van der Waals surface area contributed by atoms with Gasteiger partial charge in [-0.15, -0.1) is 4.91 Å². The van der Waals surface area contributed by atoms with Crippen LogP contribution in [0.25, 0.3) is 22.6 Å². The molecule has 3 aromatic rings. The Labute approximate surface area is 325 Å². The van der Waals surface area contributed by atoms with Gasteiger partial charge in [-0.2, -0.15) is 0 Å². The molecule has 3 aromatic carbocycles. The minimum Gasteiger partial charge on any atom is -0.508 e. The molecule has 5 heterocycles. The zero-order valence-corrected chi connectivity index (χ0v) is 33.4. The summed E-state index contributed by atoms with van der Waals surface area (Å²) < 4.78 is 13.9. The maximum Gasteiger partial charge on any atom is 0.203 e. The van der Waals surface area contributed by atoms with Gasteiger partial charge in [0, 0.05) is 79.6 Å². The third-order valence-electron chi connectivity index (χ3n) is 11.8. The van der Waals surface area contributed by atoms with E-state index < -0.39 is 0 Å². The molecule has 10 nitrogen and oxygen atoms in total. The minimum absolute atomic E-state index is 0.341. The third-order valence-corrected chi connectivity index (χ3v) is 11.8. The fourth-order valence-electron chi connectivity index (χ4n) is 9.00. The second kappa shape index (κ2) is 17.1.